The highest BCUT2D eigenvalue weighted by Gasteiger charge is 2.15. The van der Waals surface area contributed by atoms with Crippen molar-refractivity contribution in [2.24, 2.45) is 0 Å². The molecule has 0 spiro atoms. The van der Waals surface area contributed by atoms with E-state index in [2.05, 4.69) is 15.3 Å². The van der Waals surface area contributed by atoms with E-state index in [0.29, 0.717) is 16.9 Å². The number of aromatic amines is 1. The lowest BCUT2D eigenvalue weighted by Gasteiger charge is -2.12. The summed E-state index contributed by atoms with van der Waals surface area (Å²) in [5.41, 5.74) is 2.89. The van der Waals surface area contributed by atoms with Gasteiger partial charge in [0.15, 0.2) is 11.6 Å². The van der Waals surface area contributed by atoms with Gasteiger partial charge in [0.2, 0.25) is 0 Å². The lowest BCUT2D eigenvalue weighted by Crippen LogP contribution is -2.32. The van der Waals surface area contributed by atoms with Gasteiger partial charge in [0.25, 0.3) is 11.5 Å². The Bertz CT molecular complexity index is 1710. The van der Waals surface area contributed by atoms with Crippen molar-refractivity contribution in [3.8, 4) is 16.9 Å². The summed E-state index contributed by atoms with van der Waals surface area (Å²) in [6.07, 6.45) is 5.01. The number of ether oxygens (including phenoxy) is 1. The van der Waals surface area contributed by atoms with Gasteiger partial charge in [-0.05, 0) is 71.3 Å². The maximum atomic E-state index is 13.6. The summed E-state index contributed by atoms with van der Waals surface area (Å²) in [7, 11) is 0. The zero-order chi connectivity index (χ0) is 27.4. The van der Waals surface area contributed by atoms with Crippen LogP contribution in [0.3, 0.4) is 0 Å². The van der Waals surface area contributed by atoms with E-state index in [1.54, 1.807) is 18.3 Å². The van der Waals surface area contributed by atoms with Crippen molar-refractivity contribution >= 4 is 16.9 Å². The molecule has 10 heteroatoms. The predicted molar refractivity (Wildman–Crippen MR) is 141 cm³/mol. The number of nitrogens with one attached hydrogen (secondary N) is 2. The second-order valence-electron chi connectivity index (χ2n) is 8.83. The van der Waals surface area contributed by atoms with Crippen molar-refractivity contribution in [1.82, 2.24) is 19.9 Å². The van der Waals surface area contributed by atoms with Crippen molar-refractivity contribution in [2.75, 3.05) is 13.2 Å². The molecule has 0 aliphatic heterocycles. The first-order valence-corrected chi connectivity index (χ1v) is 12.1. The number of aliphatic hydroxyl groups excluding tert-OH is 1. The SMILES string of the molecule is O=C(NCc1cc(OCCO)cc(-c2c[nH]c3ncccc23)c1)c1cccn(Cc2ccc(F)c(F)c2)c1=O. The molecule has 0 unspecified atom stereocenters. The van der Waals surface area contributed by atoms with Crippen molar-refractivity contribution in [3.63, 3.8) is 0 Å². The normalized spacial score (nSPS) is 11.1. The van der Waals surface area contributed by atoms with Crippen LogP contribution in [0.15, 0.2) is 84.0 Å². The minimum atomic E-state index is -1.01. The van der Waals surface area contributed by atoms with Crippen molar-refractivity contribution < 1.29 is 23.4 Å². The lowest BCUT2D eigenvalue weighted by atomic mass is 10.0. The van der Waals surface area contributed by atoms with Gasteiger partial charge < -0.3 is 24.7 Å². The first kappa shape index (κ1) is 25.8. The number of amides is 1. The summed E-state index contributed by atoms with van der Waals surface area (Å²) in [6.45, 7) is 0.0227. The molecule has 2 aromatic carbocycles. The molecule has 3 aromatic heterocycles. The molecule has 0 atom stereocenters. The van der Waals surface area contributed by atoms with E-state index in [-0.39, 0.29) is 31.9 Å². The number of halogens is 2. The van der Waals surface area contributed by atoms with Crippen LogP contribution in [0.4, 0.5) is 8.78 Å². The van der Waals surface area contributed by atoms with Crippen LogP contribution in [0.1, 0.15) is 21.5 Å². The van der Waals surface area contributed by atoms with Gasteiger partial charge in [-0.25, -0.2) is 13.8 Å². The van der Waals surface area contributed by atoms with Crippen molar-refractivity contribution in [3.05, 3.63) is 118 Å². The van der Waals surface area contributed by atoms with E-state index in [4.69, 9.17) is 4.74 Å². The molecule has 8 nitrogen and oxygen atoms in total. The zero-order valence-corrected chi connectivity index (χ0v) is 20.7. The number of pyridine rings is 2. The minimum absolute atomic E-state index is 0.0236. The molecule has 0 radical (unpaired) electrons. The van der Waals surface area contributed by atoms with Gasteiger partial charge in [0.05, 0.1) is 13.2 Å². The van der Waals surface area contributed by atoms with Crippen molar-refractivity contribution in [2.45, 2.75) is 13.1 Å². The van der Waals surface area contributed by atoms with Crippen LogP contribution in [-0.2, 0) is 13.1 Å². The molecule has 5 aromatic rings. The largest absolute Gasteiger partial charge is 0.491 e. The number of hydrogen-bond acceptors (Lipinski definition) is 5. The molecule has 0 aliphatic rings. The fraction of sp³-hybridized carbons (Fsp3) is 0.138. The Morgan fingerprint density at radius 3 is 2.74 bits per heavy atom. The Morgan fingerprint density at radius 1 is 1.05 bits per heavy atom. The summed E-state index contributed by atoms with van der Waals surface area (Å²) < 4.78 is 33.8. The fourth-order valence-corrected chi connectivity index (χ4v) is 4.31. The molecule has 0 saturated carbocycles. The third-order valence-corrected chi connectivity index (χ3v) is 6.14. The number of aromatic nitrogens is 3. The second kappa shape index (κ2) is 11.3. The van der Waals surface area contributed by atoms with Gasteiger partial charge in [-0.1, -0.05) is 6.07 Å². The van der Waals surface area contributed by atoms with Crippen LogP contribution >= 0.6 is 0 Å². The Morgan fingerprint density at radius 2 is 1.92 bits per heavy atom. The van der Waals surface area contributed by atoms with Crippen molar-refractivity contribution in [1.29, 1.82) is 0 Å². The number of carbonyl (C=O) groups excluding carboxylic acids is 1. The number of aliphatic hydroxyl groups is 1. The summed E-state index contributed by atoms with van der Waals surface area (Å²) in [4.78, 5) is 33.4. The number of benzene rings is 2. The highest BCUT2D eigenvalue weighted by atomic mass is 19.2. The topological polar surface area (TPSA) is 109 Å². The molecule has 1 amide bonds. The summed E-state index contributed by atoms with van der Waals surface area (Å²) >= 11 is 0. The number of nitrogens with zero attached hydrogens (tertiary/aromatic N) is 2. The van der Waals surface area contributed by atoms with Crippen LogP contribution in [0.5, 0.6) is 5.75 Å². The Kier molecular flexibility index (Phi) is 7.46. The summed E-state index contributed by atoms with van der Waals surface area (Å²) in [5, 5.41) is 12.9. The van der Waals surface area contributed by atoms with E-state index in [9.17, 15) is 23.5 Å². The van der Waals surface area contributed by atoms with E-state index >= 15 is 0 Å². The zero-order valence-electron chi connectivity index (χ0n) is 20.7. The molecular weight excluding hydrogens is 506 g/mol. The minimum Gasteiger partial charge on any atom is -0.491 e. The van der Waals surface area contributed by atoms with Crippen LogP contribution in [0, 0.1) is 11.6 Å². The maximum Gasteiger partial charge on any atom is 0.263 e. The molecule has 3 heterocycles. The fourth-order valence-electron chi connectivity index (χ4n) is 4.31. The number of H-pyrrole nitrogens is 1. The average molecular weight is 531 g/mol. The molecule has 39 heavy (non-hydrogen) atoms. The predicted octanol–water partition coefficient (Wildman–Crippen LogP) is 4.02. The van der Waals surface area contributed by atoms with Gasteiger partial charge in [0.1, 0.15) is 23.6 Å². The highest BCUT2D eigenvalue weighted by molar-refractivity contribution is 5.94. The van der Waals surface area contributed by atoms with Crippen LogP contribution in [-0.4, -0.2) is 38.8 Å². The van der Waals surface area contributed by atoms with Gasteiger partial charge >= 0.3 is 0 Å². The average Bonchev–Trinajstić information content (AvgIpc) is 3.38. The van der Waals surface area contributed by atoms with Crippen LogP contribution in [0.2, 0.25) is 0 Å². The standard InChI is InChI=1S/C29H24F2N4O4/c30-25-6-5-18(13-26(25)31)17-35-8-2-4-23(29(35)38)28(37)34-15-19-11-20(14-21(12-19)39-10-9-36)24-16-33-27-22(24)3-1-7-32-27/h1-8,11-14,16,36H,9-10,15,17H2,(H,32,33)(H,34,37). The van der Waals surface area contributed by atoms with Crippen LogP contribution < -0.4 is 15.6 Å². The molecule has 0 bridgehead atoms. The highest BCUT2D eigenvalue weighted by Crippen LogP contribution is 2.31. The van der Waals surface area contributed by atoms with Gasteiger partial charge in [-0.2, -0.15) is 0 Å². The van der Waals surface area contributed by atoms with E-state index in [1.807, 2.05) is 30.5 Å². The summed E-state index contributed by atoms with van der Waals surface area (Å²) in [5.74, 6) is -2.06. The van der Waals surface area contributed by atoms with Gasteiger partial charge in [0, 0.05) is 36.1 Å². The van der Waals surface area contributed by atoms with Crippen LogP contribution in [0.25, 0.3) is 22.2 Å². The smallest absolute Gasteiger partial charge is 0.263 e. The molecule has 0 fully saturated rings. The second-order valence-corrected chi connectivity index (χ2v) is 8.83. The Labute approximate surface area is 221 Å². The van der Waals surface area contributed by atoms with E-state index in [1.165, 1.54) is 22.9 Å². The molecular formula is C29H24F2N4O4. The molecule has 3 N–H and O–H groups in total. The van der Waals surface area contributed by atoms with E-state index in [0.717, 1.165) is 34.3 Å². The number of carbonyl (C=O) groups is 1. The quantitative estimate of drug-likeness (QED) is 0.267. The first-order chi connectivity index (χ1) is 18.9. The maximum absolute atomic E-state index is 13.6. The lowest BCUT2D eigenvalue weighted by molar-refractivity contribution is 0.0948. The molecule has 0 saturated heterocycles. The number of hydrogen-bond donors (Lipinski definition) is 3. The molecule has 5 rings (SSSR count). The monoisotopic (exact) mass is 530 g/mol. The third kappa shape index (κ3) is 5.70. The first-order valence-electron chi connectivity index (χ1n) is 12.1. The molecule has 198 valence electrons. The van der Waals surface area contributed by atoms with Gasteiger partial charge in [-0.3, -0.25) is 9.59 Å². The summed E-state index contributed by atoms with van der Waals surface area (Å²) in [6, 6.07) is 15.6. The third-order valence-electron chi connectivity index (χ3n) is 6.14. The van der Waals surface area contributed by atoms with E-state index < -0.39 is 23.1 Å². The Balaban J connectivity index is 1.37. The Hall–Kier alpha value is -4.83. The number of rotatable bonds is 9. The molecule has 0 aliphatic carbocycles. The number of fused-ring (bicyclic) bond motifs is 1. The van der Waals surface area contributed by atoms with Gasteiger partial charge in [-0.15, -0.1) is 0 Å².